The van der Waals surface area contributed by atoms with Crippen LogP contribution in [0.4, 0.5) is 0 Å². The first kappa shape index (κ1) is 70.8. The Kier molecular flexibility index (Phi) is 38.7. The standard InChI is InChI=1S/C60H105NO18/c1-3-5-7-9-11-13-15-17-19-20-21-22-24-26-28-30-32-34-36-38-48(66)61-43(44(65)37-35-33-31-29-27-25-23-18-16-14-12-10-8-6-4-2)42-74-58-54(72)51(69)56(46(40-63)76-58)79-60-55(73)52(70)57(47(41-64)77-60)78-59-53(71)50(68)49(67)45(39-62)75-59/h11,13,16-19,27,29,35,37,43-47,49-60,62-65,67-73H,3-10,12,14-15,20-26,28,30-34,36,38-42H2,1-2H3,(H,61,66)/b13-11-,18-16+,19-17-,29-27+,37-35+. The van der Waals surface area contributed by atoms with Gasteiger partial charge in [0, 0.05) is 6.42 Å². The van der Waals surface area contributed by atoms with E-state index in [2.05, 4.69) is 67.8 Å². The van der Waals surface area contributed by atoms with E-state index < -0.39 is 124 Å². The predicted molar refractivity (Wildman–Crippen MR) is 300 cm³/mol. The van der Waals surface area contributed by atoms with Crippen LogP contribution in [0.2, 0.25) is 0 Å². The van der Waals surface area contributed by atoms with Gasteiger partial charge in [-0.25, -0.2) is 0 Å². The first-order valence-corrected chi connectivity index (χ1v) is 30.0. The molecule has 17 atom stereocenters. The lowest BCUT2D eigenvalue weighted by molar-refractivity contribution is -0.379. The topological polar surface area (TPSA) is 307 Å². The molecular weight excluding hydrogens is 1020 g/mol. The molecule has 1 amide bonds. The number of rotatable bonds is 43. The van der Waals surface area contributed by atoms with E-state index in [0.29, 0.717) is 12.8 Å². The molecule has 79 heavy (non-hydrogen) atoms. The quantitative estimate of drug-likeness (QED) is 0.0274. The second-order valence-electron chi connectivity index (χ2n) is 21.4. The van der Waals surface area contributed by atoms with E-state index in [1.807, 2.05) is 6.08 Å². The summed E-state index contributed by atoms with van der Waals surface area (Å²) in [5.74, 6) is -0.298. The molecule has 0 aromatic heterocycles. The Bertz CT molecular complexity index is 1680. The molecule has 3 saturated heterocycles. The van der Waals surface area contributed by atoms with Gasteiger partial charge in [0.15, 0.2) is 18.9 Å². The highest BCUT2D eigenvalue weighted by molar-refractivity contribution is 5.76. The number of hydrogen-bond acceptors (Lipinski definition) is 18. The van der Waals surface area contributed by atoms with E-state index in [1.54, 1.807) is 6.08 Å². The number of amides is 1. The fourth-order valence-electron chi connectivity index (χ4n) is 9.78. The van der Waals surface area contributed by atoms with E-state index in [0.717, 1.165) is 64.2 Å². The van der Waals surface area contributed by atoms with Crippen molar-refractivity contribution in [2.45, 2.75) is 285 Å². The molecule has 19 nitrogen and oxygen atoms in total. The van der Waals surface area contributed by atoms with Gasteiger partial charge in [0.25, 0.3) is 0 Å². The van der Waals surface area contributed by atoms with E-state index in [1.165, 1.54) is 83.5 Å². The Morgan fingerprint density at radius 3 is 1.37 bits per heavy atom. The molecule has 0 aromatic carbocycles. The van der Waals surface area contributed by atoms with Crippen LogP contribution >= 0.6 is 0 Å². The summed E-state index contributed by atoms with van der Waals surface area (Å²) in [7, 11) is 0. The summed E-state index contributed by atoms with van der Waals surface area (Å²) >= 11 is 0. The van der Waals surface area contributed by atoms with Gasteiger partial charge in [-0.3, -0.25) is 4.79 Å². The zero-order chi connectivity index (χ0) is 57.6. The fraction of sp³-hybridized carbons (Fsp3) is 0.817. The van der Waals surface area contributed by atoms with Crippen molar-refractivity contribution in [3.63, 3.8) is 0 Å². The Morgan fingerprint density at radius 2 is 0.848 bits per heavy atom. The second kappa shape index (κ2) is 43.2. The van der Waals surface area contributed by atoms with Gasteiger partial charge >= 0.3 is 0 Å². The molecule has 0 aliphatic carbocycles. The van der Waals surface area contributed by atoms with Gasteiger partial charge in [-0.1, -0.05) is 158 Å². The van der Waals surface area contributed by atoms with Crippen molar-refractivity contribution in [2.24, 2.45) is 0 Å². The number of carbonyl (C=O) groups excluding carboxylic acids is 1. The Hall–Kier alpha value is -2.51. The lowest BCUT2D eigenvalue weighted by atomic mass is 9.96. The van der Waals surface area contributed by atoms with Crippen molar-refractivity contribution < 1.29 is 89.4 Å². The van der Waals surface area contributed by atoms with Crippen LogP contribution in [0.5, 0.6) is 0 Å². The van der Waals surface area contributed by atoms with E-state index in [-0.39, 0.29) is 18.9 Å². The van der Waals surface area contributed by atoms with Crippen LogP contribution in [0.25, 0.3) is 0 Å². The van der Waals surface area contributed by atoms with Gasteiger partial charge in [-0.2, -0.15) is 0 Å². The molecule has 0 saturated carbocycles. The van der Waals surface area contributed by atoms with Crippen molar-refractivity contribution in [3.05, 3.63) is 60.8 Å². The van der Waals surface area contributed by atoms with Crippen LogP contribution in [0.15, 0.2) is 60.8 Å². The molecule has 3 fully saturated rings. The minimum absolute atomic E-state index is 0.225. The number of ether oxygens (including phenoxy) is 6. The minimum Gasteiger partial charge on any atom is -0.394 e. The Balaban J connectivity index is 1.52. The third-order valence-electron chi connectivity index (χ3n) is 14.8. The van der Waals surface area contributed by atoms with Crippen LogP contribution in [0.3, 0.4) is 0 Å². The zero-order valence-corrected chi connectivity index (χ0v) is 47.6. The molecule has 17 unspecified atom stereocenters. The van der Waals surface area contributed by atoms with E-state index in [4.69, 9.17) is 28.4 Å². The Labute approximate surface area is 471 Å². The van der Waals surface area contributed by atoms with Crippen LogP contribution < -0.4 is 5.32 Å². The molecule has 3 aliphatic rings. The van der Waals surface area contributed by atoms with E-state index >= 15 is 0 Å². The molecule has 3 rings (SSSR count). The number of carbonyl (C=O) groups is 1. The SMILES string of the molecule is CCCCC/C=C\C/C=C\CCCCCCCCCCCC(=O)NC(COC1OC(CO)C(OC2OC(CO)C(OC3OC(CO)C(O)C(O)C3O)C(O)C2O)C(O)C1O)C(O)/C=C/CC/C=C/CC/C=C/CCCCCCC. The summed E-state index contributed by atoms with van der Waals surface area (Å²) in [6, 6.07) is -0.999. The summed E-state index contributed by atoms with van der Waals surface area (Å²) in [6.45, 7) is 1.63. The smallest absolute Gasteiger partial charge is 0.220 e. The van der Waals surface area contributed by atoms with Gasteiger partial charge in [0.2, 0.25) is 5.91 Å². The van der Waals surface area contributed by atoms with Gasteiger partial charge in [0.05, 0.1) is 38.6 Å². The van der Waals surface area contributed by atoms with Crippen molar-refractivity contribution in [1.82, 2.24) is 5.32 Å². The third kappa shape index (κ3) is 27.2. The van der Waals surface area contributed by atoms with Crippen molar-refractivity contribution >= 4 is 5.91 Å². The first-order valence-electron chi connectivity index (χ1n) is 30.0. The zero-order valence-electron chi connectivity index (χ0n) is 47.6. The lowest BCUT2D eigenvalue weighted by Crippen LogP contribution is -2.66. The number of unbranched alkanes of at least 4 members (excludes halogenated alkanes) is 19. The molecule has 0 spiro atoms. The number of aliphatic hydroxyl groups excluding tert-OH is 11. The molecule has 0 radical (unpaired) electrons. The van der Waals surface area contributed by atoms with Gasteiger partial charge in [0.1, 0.15) is 73.2 Å². The number of allylic oxidation sites excluding steroid dienone is 9. The van der Waals surface area contributed by atoms with Gasteiger partial charge < -0.3 is 89.9 Å². The highest BCUT2D eigenvalue weighted by Gasteiger charge is 2.53. The molecule has 458 valence electrons. The summed E-state index contributed by atoms with van der Waals surface area (Å²) in [4.78, 5) is 13.3. The highest BCUT2D eigenvalue weighted by atomic mass is 16.8. The number of nitrogens with one attached hydrogen (secondary N) is 1. The van der Waals surface area contributed by atoms with Crippen molar-refractivity contribution in [2.75, 3.05) is 26.4 Å². The molecule has 0 aromatic rings. The maximum Gasteiger partial charge on any atom is 0.220 e. The lowest BCUT2D eigenvalue weighted by Gasteiger charge is -2.48. The summed E-state index contributed by atoms with van der Waals surface area (Å²) in [5.41, 5.74) is 0. The monoisotopic (exact) mass is 1130 g/mol. The van der Waals surface area contributed by atoms with Gasteiger partial charge in [-0.05, 0) is 77.0 Å². The maximum atomic E-state index is 13.3. The van der Waals surface area contributed by atoms with Crippen LogP contribution in [0.1, 0.15) is 181 Å². The summed E-state index contributed by atoms with van der Waals surface area (Å²) in [6.07, 6.45) is 22.0. The van der Waals surface area contributed by atoms with Crippen LogP contribution in [-0.4, -0.2) is 193 Å². The van der Waals surface area contributed by atoms with Crippen LogP contribution in [0, 0.1) is 0 Å². The Morgan fingerprint density at radius 1 is 0.456 bits per heavy atom. The van der Waals surface area contributed by atoms with Gasteiger partial charge in [-0.15, -0.1) is 0 Å². The third-order valence-corrected chi connectivity index (χ3v) is 14.8. The fourth-order valence-corrected chi connectivity index (χ4v) is 9.78. The second-order valence-corrected chi connectivity index (χ2v) is 21.4. The average molecular weight is 1130 g/mol. The minimum atomic E-state index is -1.98. The summed E-state index contributed by atoms with van der Waals surface area (Å²) in [5, 5.41) is 120. The molecule has 12 N–H and O–H groups in total. The largest absolute Gasteiger partial charge is 0.394 e. The molecule has 19 heteroatoms. The van der Waals surface area contributed by atoms with Crippen molar-refractivity contribution in [1.29, 1.82) is 0 Å². The average Bonchev–Trinajstić information content (AvgIpc) is 3.47. The van der Waals surface area contributed by atoms with Crippen LogP contribution in [-0.2, 0) is 33.2 Å². The normalized spacial score (nSPS) is 30.7. The summed E-state index contributed by atoms with van der Waals surface area (Å²) < 4.78 is 34.2. The first-order chi connectivity index (χ1) is 38.3. The number of aliphatic hydroxyl groups is 11. The molecular formula is C60H105NO18. The molecule has 3 aliphatic heterocycles. The molecule has 0 bridgehead atoms. The highest BCUT2D eigenvalue weighted by Crippen LogP contribution is 2.33. The predicted octanol–water partition coefficient (Wildman–Crippen LogP) is 5.26. The number of hydrogen-bond donors (Lipinski definition) is 12. The van der Waals surface area contributed by atoms with Crippen molar-refractivity contribution in [3.8, 4) is 0 Å². The molecule has 3 heterocycles. The maximum absolute atomic E-state index is 13.3. The van der Waals surface area contributed by atoms with E-state index in [9.17, 15) is 61.0 Å².